The van der Waals surface area contributed by atoms with Gasteiger partial charge in [-0.05, 0) is 44.9 Å². The summed E-state index contributed by atoms with van der Waals surface area (Å²) in [5.74, 6) is -5.50. The molecule has 0 aliphatic carbocycles. The van der Waals surface area contributed by atoms with Gasteiger partial charge in [-0.25, -0.2) is 26.3 Å². The highest BCUT2D eigenvalue weighted by atomic mass is 32.2. The molecule has 0 aliphatic rings. The van der Waals surface area contributed by atoms with Crippen LogP contribution in [0.3, 0.4) is 0 Å². The molecule has 2 rings (SSSR count). The highest BCUT2D eigenvalue weighted by molar-refractivity contribution is 7.89. The summed E-state index contributed by atoms with van der Waals surface area (Å²) in [4.78, 5) is 12.1. The number of rotatable bonds is 12. The standard InChI is InChI=1S/C21H26F3N3O5S/c1-3-31-19(32-4-2)6-5-9-26-33(29,30)18-10-13(7-8-17(18)25)21(28)27-14-11-15(22)20(24)16(23)12-14/h7-8,10-12,19,26H,3-6,9,25H2,1-2H3,(H,27,28). The van der Waals surface area contributed by atoms with Crippen LogP contribution in [-0.2, 0) is 19.5 Å². The minimum Gasteiger partial charge on any atom is -0.398 e. The van der Waals surface area contributed by atoms with Gasteiger partial charge in [0.2, 0.25) is 10.0 Å². The molecule has 0 fully saturated rings. The lowest BCUT2D eigenvalue weighted by Gasteiger charge is -2.17. The molecule has 0 saturated carbocycles. The highest BCUT2D eigenvalue weighted by Crippen LogP contribution is 2.22. The number of halogens is 3. The van der Waals surface area contributed by atoms with Crippen molar-refractivity contribution in [2.45, 2.75) is 37.9 Å². The molecule has 12 heteroatoms. The number of nitrogens with one attached hydrogen (secondary N) is 2. The van der Waals surface area contributed by atoms with E-state index in [9.17, 15) is 26.4 Å². The maximum Gasteiger partial charge on any atom is 0.255 e. The number of amides is 1. The maximum absolute atomic E-state index is 13.4. The van der Waals surface area contributed by atoms with E-state index in [4.69, 9.17) is 15.2 Å². The van der Waals surface area contributed by atoms with Gasteiger partial charge in [-0.3, -0.25) is 4.79 Å². The van der Waals surface area contributed by atoms with Crippen LogP contribution >= 0.6 is 0 Å². The molecular formula is C21H26F3N3O5S. The Labute approximate surface area is 190 Å². The zero-order valence-electron chi connectivity index (χ0n) is 18.2. The number of sulfonamides is 1. The van der Waals surface area contributed by atoms with Crippen molar-refractivity contribution in [1.29, 1.82) is 0 Å². The first kappa shape index (κ1) is 26.6. The van der Waals surface area contributed by atoms with E-state index in [0.29, 0.717) is 38.2 Å². The van der Waals surface area contributed by atoms with E-state index in [1.54, 1.807) is 0 Å². The van der Waals surface area contributed by atoms with Gasteiger partial charge in [-0.1, -0.05) is 0 Å². The van der Waals surface area contributed by atoms with Gasteiger partial charge in [0.25, 0.3) is 5.91 Å². The summed E-state index contributed by atoms with van der Waals surface area (Å²) in [5.41, 5.74) is 5.21. The van der Waals surface area contributed by atoms with Crippen molar-refractivity contribution in [2.24, 2.45) is 0 Å². The van der Waals surface area contributed by atoms with Gasteiger partial charge < -0.3 is 20.5 Å². The molecule has 182 valence electrons. The minimum absolute atomic E-state index is 0.0724. The second-order valence-electron chi connectivity index (χ2n) is 6.84. The number of ether oxygens (including phenoxy) is 2. The van der Waals surface area contributed by atoms with Gasteiger partial charge in [0.05, 0.1) is 5.69 Å². The fourth-order valence-corrected chi connectivity index (χ4v) is 4.11. The molecule has 2 aromatic rings. The van der Waals surface area contributed by atoms with E-state index in [1.165, 1.54) is 12.1 Å². The number of carbonyl (C=O) groups excluding carboxylic acids is 1. The molecule has 0 bridgehead atoms. The number of anilines is 2. The van der Waals surface area contributed by atoms with Crippen molar-refractivity contribution in [1.82, 2.24) is 4.72 Å². The number of nitrogens with two attached hydrogens (primary N) is 1. The van der Waals surface area contributed by atoms with Crippen molar-refractivity contribution >= 4 is 27.3 Å². The average molecular weight is 490 g/mol. The van der Waals surface area contributed by atoms with Gasteiger partial charge in [0.15, 0.2) is 23.7 Å². The SMILES string of the molecule is CCOC(CCCNS(=O)(=O)c1cc(C(=O)Nc2cc(F)c(F)c(F)c2)ccc1N)OCC. The number of nitrogen functional groups attached to an aromatic ring is 1. The lowest BCUT2D eigenvalue weighted by Crippen LogP contribution is -2.27. The van der Waals surface area contributed by atoms with Gasteiger partial charge in [0.1, 0.15) is 4.90 Å². The van der Waals surface area contributed by atoms with Crippen molar-refractivity contribution in [3.63, 3.8) is 0 Å². The average Bonchev–Trinajstić information content (AvgIpc) is 2.75. The van der Waals surface area contributed by atoms with E-state index in [1.807, 2.05) is 13.8 Å². The van der Waals surface area contributed by atoms with Crippen LogP contribution in [0.25, 0.3) is 0 Å². The molecule has 4 N–H and O–H groups in total. The molecule has 8 nitrogen and oxygen atoms in total. The van der Waals surface area contributed by atoms with Crippen LogP contribution in [-0.4, -0.2) is 40.4 Å². The lowest BCUT2D eigenvalue weighted by atomic mass is 10.2. The second kappa shape index (κ2) is 12.0. The predicted molar refractivity (Wildman–Crippen MR) is 117 cm³/mol. The Morgan fingerprint density at radius 2 is 1.67 bits per heavy atom. The number of benzene rings is 2. The van der Waals surface area contributed by atoms with Gasteiger partial charge in [-0.15, -0.1) is 0 Å². The Bertz CT molecular complexity index is 1050. The molecule has 0 heterocycles. The molecule has 0 saturated heterocycles. The smallest absolute Gasteiger partial charge is 0.255 e. The summed E-state index contributed by atoms with van der Waals surface area (Å²) >= 11 is 0. The summed E-state index contributed by atoms with van der Waals surface area (Å²) < 4.78 is 78.4. The third-order valence-electron chi connectivity index (χ3n) is 4.42. The van der Waals surface area contributed by atoms with Crippen molar-refractivity contribution in [3.05, 3.63) is 53.3 Å². The van der Waals surface area contributed by atoms with Crippen LogP contribution in [0.15, 0.2) is 35.2 Å². The highest BCUT2D eigenvalue weighted by Gasteiger charge is 2.20. The molecule has 0 unspecified atom stereocenters. The molecule has 0 aliphatic heterocycles. The first-order chi connectivity index (χ1) is 15.6. The Kier molecular flexibility index (Phi) is 9.65. The van der Waals surface area contributed by atoms with Gasteiger partial charge >= 0.3 is 0 Å². The number of hydrogen-bond donors (Lipinski definition) is 3. The zero-order chi connectivity index (χ0) is 24.6. The first-order valence-corrected chi connectivity index (χ1v) is 11.7. The Morgan fingerprint density at radius 1 is 1.06 bits per heavy atom. The van der Waals surface area contributed by atoms with Crippen LogP contribution in [0.4, 0.5) is 24.5 Å². The van der Waals surface area contributed by atoms with Crippen LogP contribution < -0.4 is 15.8 Å². The molecular weight excluding hydrogens is 463 g/mol. The monoisotopic (exact) mass is 489 g/mol. The van der Waals surface area contributed by atoms with Gasteiger partial charge in [-0.2, -0.15) is 0 Å². The van der Waals surface area contributed by atoms with Crippen molar-refractivity contribution < 1.29 is 35.9 Å². The molecule has 0 aromatic heterocycles. The minimum atomic E-state index is -4.07. The topological polar surface area (TPSA) is 120 Å². The largest absolute Gasteiger partial charge is 0.398 e. The summed E-state index contributed by atoms with van der Waals surface area (Å²) in [7, 11) is -4.07. The summed E-state index contributed by atoms with van der Waals surface area (Å²) in [6.45, 7) is 4.63. The quantitative estimate of drug-likeness (QED) is 0.182. The van der Waals surface area contributed by atoms with Crippen LogP contribution in [0, 0.1) is 17.5 Å². The molecule has 0 radical (unpaired) electrons. The Hall–Kier alpha value is -2.67. The van der Waals surface area contributed by atoms with E-state index in [2.05, 4.69) is 10.0 Å². The normalized spacial score (nSPS) is 11.7. The molecule has 2 aromatic carbocycles. The third-order valence-corrected chi connectivity index (χ3v) is 5.94. The summed E-state index contributed by atoms with van der Waals surface area (Å²) in [6, 6.07) is 4.70. The van der Waals surface area contributed by atoms with E-state index in [0.717, 1.165) is 6.07 Å². The van der Waals surface area contributed by atoms with Crippen LogP contribution in [0.5, 0.6) is 0 Å². The van der Waals surface area contributed by atoms with Crippen molar-refractivity contribution in [3.8, 4) is 0 Å². The van der Waals surface area contributed by atoms with E-state index < -0.39 is 39.7 Å². The van der Waals surface area contributed by atoms with E-state index in [-0.39, 0.29) is 28.4 Å². The predicted octanol–water partition coefficient (Wildman–Crippen LogP) is 3.40. The first-order valence-electron chi connectivity index (χ1n) is 10.2. The Balaban J connectivity index is 2.09. The molecule has 0 spiro atoms. The van der Waals surface area contributed by atoms with E-state index >= 15 is 0 Å². The summed E-state index contributed by atoms with van der Waals surface area (Å²) in [5, 5.41) is 2.18. The van der Waals surface area contributed by atoms with Gasteiger partial charge in [0, 0.05) is 43.1 Å². The molecule has 1 amide bonds. The number of hydrogen-bond acceptors (Lipinski definition) is 6. The fourth-order valence-electron chi connectivity index (χ4n) is 2.88. The molecule has 33 heavy (non-hydrogen) atoms. The maximum atomic E-state index is 13.4. The molecule has 0 atom stereocenters. The van der Waals surface area contributed by atoms with Crippen molar-refractivity contribution in [2.75, 3.05) is 30.8 Å². The zero-order valence-corrected chi connectivity index (χ0v) is 19.0. The lowest BCUT2D eigenvalue weighted by molar-refractivity contribution is -0.139. The number of carbonyl (C=O) groups is 1. The van der Waals surface area contributed by atoms with Crippen LogP contribution in [0.1, 0.15) is 37.0 Å². The second-order valence-corrected chi connectivity index (χ2v) is 8.58. The fraction of sp³-hybridized carbons (Fsp3) is 0.381. The third kappa shape index (κ3) is 7.42. The van der Waals surface area contributed by atoms with Crippen LogP contribution in [0.2, 0.25) is 0 Å². The summed E-state index contributed by atoms with van der Waals surface area (Å²) in [6.07, 6.45) is 0.446. The Morgan fingerprint density at radius 3 is 2.24 bits per heavy atom.